The van der Waals surface area contributed by atoms with Crippen LogP contribution in [-0.2, 0) is 24.0 Å². The first-order chi connectivity index (χ1) is 9.58. The molecule has 20 heavy (non-hydrogen) atoms. The number of aliphatic carboxylic acids is 1. The average molecular weight is 311 g/mol. The van der Waals surface area contributed by atoms with Crippen molar-refractivity contribution in [3.63, 3.8) is 0 Å². The van der Waals surface area contributed by atoms with Gasteiger partial charge in [0, 0.05) is 7.05 Å². The van der Waals surface area contributed by atoms with E-state index in [9.17, 15) is 9.90 Å². The van der Waals surface area contributed by atoms with E-state index in [1.807, 2.05) is 37.4 Å². The Kier molecular flexibility index (Phi) is 5.09. The van der Waals surface area contributed by atoms with E-state index in [4.69, 9.17) is 11.6 Å². The van der Waals surface area contributed by atoms with Crippen LogP contribution in [0.1, 0.15) is 11.4 Å². The second kappa shape index (κ2) is 6.81. The van der Waals surface area contributed by atoms with Gasteiger partial charge in [-0.1, -0.05) is 41.9 Å². The first-order valence-electron chi connectivity index (χ1n) is 6.12. The van der Waals surface area contributed by atoms with Crippen LogP contribution in [0.4, 0.5) is 0 Å². The molecule has 0 fully saturated rings. The lowest BCUT2D eigenvalue weighted by atomic mass is 10.1. The number of carboxylic acids is 1. The summed E-state index contributed by atoms with van der Waals surface area (Å²) in [6.45, 7) is 0. The third-order valence-electron chi connectivity index (χ3n) is 2.98. The van der Waals surface area contributed by atoms with Gasteiger partial charge in [0.1, 0.15) is 16.2 Å². The van der Waals surface area contributed by atoms with E-state index < -0.39 is 11.2 Å². The normalized spacial score (nSPS) is 12.3. The van der Waals surface area contributed by atoms with E-state index in [-0.39, 0.29) is 0 Å². The van der Waals surface area contributed by atoms with Crippen molar-refractivity contribution in [1.29, 1.82) is 0 Å². The Hall–Kier alpha value is -1.46. The van der Waals surface area contributed by atoms with E-state index in [0.717, 1.165) is 11.4 Å². The molecule has 0 spiro atoms. The molecule has 6 heteroatoms. The van der Waals surface area contributed by atoms with Crippen LogP contribution in [0.3, 0.4) is 0 Å². The smallest absolute Gasteiger partial charge is 0.316 e. The van der Waals surface area contributed by atoms with Crippen LogP contribution in [0.2, 0.25) is 5.15 Å². The number of thioether (sulfide) groups is 1. The summed E-state index contributed by atoms with van der Waals surface area (Å²) in [5, 5.41) is 9.37. The predicted molar refractivity (Wildman–Crippen MR) is 81.1 cm³/mol. The molecule has 4 nitrogen and oxygen atoms in total. The van der Waals surface area contributed by atoms with Gasteiger partial charge in [-0.2, -0.15) is 0 Å². The molecule has 106 valence electrons. The summed E-state index contributed by atoms with van der Waals surface area (Å²) in [6, 6.07) is 9.62. The van der Waals surface area contributed by atoms with E-state index in [2.05, 4.69) is 4.98 Å². The van der Waals surface area contributed by atoms with Crippen molar-refractivity contribution in [2.24, 2.45) is 7.05 Å². The third kappa shape index (κ3) is 3.77. The fraction of sp³-hybridized carbons (Fsp3) is 0.286. The maximum Gasteiger partial charge on any atom is 0.316 e. The van der Waals surface area contributed by atoms with Gasteiger partial charge in [0.15, 0.2) is 0 Å². The average Bonchev–Trinajstić information content (AvgIpc) is 2.76. The molecule has 1 aromatic heterocycles. The summed E-state index contributed by atoms with van der Waals surface area (Å²) >= 11 is 7.28. The molecular weight excluding hydrogens is 296 g/mol. The number of aromatic nitrogens is 2. The lowest BCUT2D eigenvalue weighted by Crippen LogP contribution is -2.19. The Morgan fingerprint density at radius 1 is 1.45 bits per heavy atom. The highest BCUT2D eigenvalue weighted by atomic mass is 35.5. The second-order valence-corrected chi connectivity index (χ2v) is 5.96. The molecule has 2 aromatic rings. The summed E-state index contributed by atoms with van der Waals surface area (Å²) in [7, 11) is 1.82. The summed E-state index contributed by atoms with van der Waals surface area (Å²) in [5.41, 5.74) is 1.02. The molecule has 0 radical (unpaired) electrons. The molecule has 1 unspecified atom stereocenters. The minimum atomic E-state index is -0.806. The molecule has 0 aliphatic carbocycles. The Balaban J connectivity index is 2.00. The number of rotatable bonds is 6. The number of halogens is 1. The SMILES string of the molecule is Cn1c(Cl)cnc1CSC(Cc1ccccc1)C(=O)O. The highest BCUT2D eigenvalue weighted by molar-refractivity contribution is 7.99. The lowest BCUT2D eigenvalue weighted by molar-refractivity contribution is -0.136. The highest BCUT2D eigenvalue weighted by Gasteiger charge is 2.19. The molecule has 1 aromatic carbocycles. The summed E-state index contributed by atoms with van der Waals surface area (Å²) in [5.74, 6) is 0.492. The van der Waals surface area contributed by atoms with Gasteiger partial charge in [-0.15, -0.1) is 11.8 Å². The first kappa shape index (κ1) is 14.9. The van der Waals surface area contributed by atoms with Crippen molar-refractivity contribution in [1.82, 2.24) is 9.55 Å². The monoisotopic (exact) mass is 310 g/mol. The van der Waals surface area contributed by atoms with Crippen LogP contribution in [-0.4, -0.2) is 25.9 Å². The lowest BCUT2D eigenvalue weighted by Gasteiger charge is -2.12. The molecule has 1 heterocycles. The third-order valence-corrected chi connectivity index (χ3v) is 4.53. The van der Waals surface area contributed by atoms with Crippen LogP contribution in [0.15, 0.2) is 36.5 Å². The summed E-state index contributed by atoms with van der Waals surface area (Å²) < 4.78 is 1.76. The second-order valence-electron chi connectivity index (χ2n) is 4.38. The number of benzene rings is 1. The van der Waals surface area contributed by atoms with Gasteiger partial charge in [-0.3, -0.25) is 4.79 Å². The molecule has 1 N–H and O–H groups in total. The standard InChI is InChI=1S/C14H15ClN2O2S/c1-17-12(15)8-16-13(17)9-20-11(14(18)19)7-10-5-3-2-4-6-10/h2-6,8,11H,7,9H2,1H3,(H,18,19). The van der Waals surface area contributed by atoms with Crippen molar-refractivity contribution in [3.05, 3.63) is 53.1 Å². The summed E-state index contributed by atoms with van der Waals surface area (Å²) in [4.78, 5) is 15.5. The van der Waals surface area contributed by atoms with Crippen molar-refractivity contribution >= 4 is 29.3 Å². The Morgan fingerprint density at radius 2 is 2.15 bits per heavy atom. The maximum atomic E-state index is 11.3. The zero-order valence-electron chi connectivity index (χ0n) is 11.0. The van der Waals surface area contributed by atoms with Crippen LogP contribution < -0.4 is 0 Å². The molecule has 1 atom stereocenters. The number of hydrogen-bond donors (Lipinski definition) is 1. The quantitative estimate of drug-likeness (QED) is 0.891. The zero-order valence-corrected chi connectivity index (χ0v) is 12.6. The molecule has 0 saturated heterocycles. The fourth-order valence-electron chi connectivity index (χ4n) is 1.78. The van der Waals surface area contributed by atoms with Gasteiger partial charge < -0.3 is 9.67 Å². The van der Waals surface area contributed by atoms with Gasteiger partial charge >= 0.3 is 5.97 Å². The fourth-order valence-corrected chi connectivity index (χ4v) is 3.00. The largest absolute Gasteiger partial charge is 0.480 e. The topological polar surface area (TPSA) is 55.1 Å². The number of hydrogen-bond acceptors (Lipinski definition) is 3. The minimum absolute atomic E-state index is 0.493. The van der Waals surface area contributed by atoms with Crippen LogP contribution >= 0.6 is 23.4 Å². The Morgan fingerprint density at radius 3 is 2.70 bits per heavy atom. The van der Waals surface area contributed by atoms with Crippen molar-refractivity contribution in [3.8, 4) is 0 Å². The summed E-state index contributed by atoms with van der Waals surface area (Å²) in [6.07, 6.45) is 2.07. The minimum Gasteiger partial charge on any atom is -0.480 e. The Labute approximate surface area is 126 Å². The molecule has 0 aliphatic heterocycles. The molecule has 0 saturated carbocycles. The van der Waals surface area contributed by atoms with Crippen molar-refractivity contribution < 1.29 is 9.90 Å². The van der Waals surface area contributed by atoms with Gasteiger partial charge in [0.05, 0.1) is 11.9 Å². The van der Waals surface area contributed by atoms with Crippen LogP contribution in [0.25, 0.3) is 0 Å². The predicted octanol–water partition coefficient (Wildman–Crippen LogP) is 3.00. The zero-order chi connectivity index (χ0) is 14.5. The number of carbonyl (C=O) groups is 1. The van der Waals surface area contributed by atoms with Crippen LogP contribution in [0, 0.1) is 0 Å². The van der Waals surface area contributed by atoms with E-state index in [0.29, 0.717) is 17.3 Å². The molecular formula is C14H15ClN2O2S. The van der Waals surface area contributed by atoms with Gasteiger partial charge in [-0.05, 0) is 12.0 Å². The number of imidazole rings is 1. The van der Waals surface area contributed by atoms with Crippen molar-refractivity contribution in [2.45, 2.75) is 17.4 Å². The molecule has 0 aliphatic rings. The van der Waals surface area contributed by atoms with Gasteiger partial charge in [-0.25, -0.2) is 4.98 Å². The number of carboxylic acid groups (broad SMARTS) is 1. The van der Waals surface area contributed by atoms with Gasteiger partial charge in [0.2, 0.25) is 0 Å². The van der Waals surface area contributed by atoms with E-state index >= 15 is 0 Å². The maximum absolute atomic E-state index is 11.3. The van der Waals surface area contributed by atoms with Crippen molar-refractivity contribution in [2.75, 3.05) is 0 Å². The number of nitrogens with zero attached hydrogens (tertiary/aromatic N) is 2. The van der Waals surface area contributed by atoms with E-state index in [1.165, 1.54) is 11.8 Å². The van der Waals surface area contributed by atoms with E-state index in [1.54, 1.807) is 10.8 Å². The highest BCUT2D eigenvalue weighted by Crippen LogP contribution is 2.22. The molecule has 0 amide bonds. The molecule has 0 bridgehead atoms. The molecule has 2 rings (SSSR count). The Bertz CT molecular complexity index is 586. The first-order valence-corrected chi connectivity index (χ1v) is 7.55. The van der Waals surface area contributed by atoms with Crippen LogP contribution in [0.5, 0.6) is 0 Å². The van der Waals surface area contributed by atoms with Gasteiger partial charge in [0.25, 0.3) is 0 Å².